The van der Waals surface area contributed by atoms with E-state index < -0.39 is 0 Å². The van der Waals surface area contributed by atoms with Crippen molar-refractivity contribution in [2.45, 2.75) is 32.8 Å². The maximum atomic E-state index is 13.1. The Kier molecular flexibility index (Phi) is 8.98. The van der Waals surface area contributed by atoms with Crippen LogP contribution in [0, 0.1) is 5.82 Å². The molecule has 0 aliphatic carbocycles. The lowest BCUT2D eigenvalue weighted by Crippen LogP contribution is -2.34. The van der Waals surface area contributed by atoms with Crippen LogP contribution in [0.25, 0.3) is 0 Å². The van der Waals surface area contributed by atoms with Crippen LogP contribution in [0.15, 0.2) is 29.3 Å². The van der Waals surface area contributed by atoms with E-state index in [1.165, 1.54) is 12.1 Å². The molecule has 0 bridgehead atoms. The van der Waals surface area contributed by atoms with Gasteiger partial charge in [0.15, 0.2) is 5.96 Å². The lowest BCUT2D eigenvalue weighted by Gasteiger charge is -2.16. The topological polar surface area (TPSA) is 68.9 Å². The minimum absolute atomic E-state index is 0.134. The number of nitrogens with one attached hydrogen (secondary N) is 1. The van der Waals surface area contributed by atoms with Crippen molar-refractivity contribution < 1.29 is 13.9 Å². The third-order valence-corrected chi connectivity index (χ3v) is 3.00. The van der Waals surface area contributed by atoms with Crippen LogP contribution in [0.5, 0.6) is 5.75 Å². The quantitative estimate of drug-likeness (QED) is 0.395. The first-order valence-corrected chi connectivity index (χ1v) is 7.69. The van der Waals surface area contributed by atoms with Crippen molar-refractivity contribution in [1.29, 1.82) is 0 Å². The van der Waals surface area contributed by atoms with Gasteiger partial charge in [-0.2, -0.15) is 0 Å². The SMILES string of the molecule is CCOCCCNC(N)=NCC(CC)Oc1cccc(F)c1. The summed E-state index contributed by atoms with van der Waals surface area (Å²) in [5, 5.41) is 3.03. The second-order valence-electron chi connectivity index (χ2n) is 4.81. The molecule has 5 nitrogen and oxygen atoms in total. The lowest BCUT2D eigenvalue weighted by molar-refractivity contribution is 0.145. The van der Waals surface area contributed by atoms with Gasteiger partial charge in [-0.25, -0.2) is 9.38 Å². The fourth-order valence-electron chi connectivity index (χ4n) is 1.77. The van der Waals surface area contributed by atoms with Crippen molar-refractivity contribution in [1.82, 2.24) is 5.32 Å². The molecule has 0 amide bonds. The van der Waals surface area contributed by atoms with E-state index >= 15 is 0 Å². The average Bonchev–Trinajstić information content (AvgIpc) is 2.51. The normalized spacial score (nSPS) is 13.0. The maximum Gasteiger partial charge on any atom is 0.188 e. The molecule has 0 saturated heterocycles. The van der Waals surface area contributed by atoms with Crippen LogP contribution in [0.1, 0.15) is 26.7 Å². The van der Waals surface area contributed by atoms with Gasteiger partial charge < -0.3 is 20.5 Å². The summed E-state index contributed by atoms with van der Waals surface area (Å²) in [6.45, 7) is 6.53. The van der Waals surface area contributed by atoms with Gasteiger partial charge in [-0.15, -0.1) is 0 Å². The van der Waals surface area contributed by atoms with E-state index in [-0.39, 0.29) is 11.9 Å². The molecule has 0 radical (unpaired) electrons. The number of rotatable bonds is 10. The fraction of sp³-hybridized carbons (Fsp3) is 0.562. The summed E-state index contributed by atoms with van der Waals surface area (Å²) in [6.07, 6.45) is 1.50. The second-order valence-corrected chi connectivity index (χ2v) is 4.81. The standard InChI is InChI=1S/C16H26FN3O2/c1-3-14(22-15-8-5-7-13(17)11-15)12-20-16(18)19-9-6-10-21-4-2/h5,7-8,11,14H,3-4,6,9-10,12H2,1-2H3,(H3,18,19,20). The van der Waals surface area contributed by atoms with Crippen molar-refractivity contribution >= 4 is 5.96 Å². The maximum absolute atomic E-state index is 13.1. The Labute approximate surface area is 131 Å². The highest BCUT2D eigenvalue weighted by Crippen LogP contribution is 2.15. The first-order valence-electron chi connectivity index (χ1n) is 7.69. The van der Waals surface area contributed by atoms with Crippen LogP contribution in [0.3, 0.4) is 0 Å². The molecule has 0 saturated carbocycles. The summed E-state index contributed by atoms with van der Waals surface area (Å²) in [4.78, 5) is 4.26. The number of ether oxygens (including phenoxy) is 2. The molecule has 1 unspecified atom stereocenters. The van der Waals surface area contributed by atoms with E-state index in [9.17, 15) is 4.39 Å². The van der Waals surface area contributed by atoms with Crippen molar-refractivity contribution in [3.63, 3.8) is 0 Å². The molecular formula is C16H26FN3O2. The highest BCUT2D eigenvalue weighted by atomic mass is 19.1. The Balaban J connectivity index is 2.34. The average molecular weight is 311 g/mol. The highest BCUT2D eigenvalue weighted by molar-refractivity contribution is 5.77. The zero-order valence-corrected chi connectivity index (χ0v) is 13.3. The predicted molar refractivity (Wildman–Crippen MR) is 86.7 cm³/mol. The molecule has 1 atom stereocenters. The second kappa shape index (κ2) is 10.8. The molecule has 1 aromatic carbocycles. The Morgan fingerprint density at radius 1 is 1.41 bits per heavy atom. The van der Waals surface area contributed by atoms with Crippen LogP contribution < -0.4 is 15.8 Å². The van der Waals surface area contributed by atoms with Crippen molar-refractivity contribution in [2.75, 3.05) is 26.3 Å². The number of hydrogen-bond acceptors (Lipinski definition) is 3. The Hall–Kier alpha value is -1.82. The van der Waals surface area contributed by atoms with Gasteiger partial charge in [0.25, 0.3) is 0 Å². The number of benzene rings is 1. The number of aliphatic imine (C=N–C) groups is 1. The van der Waals surface area contributed by atoms with Gasteiger partial charge in [0.2, 0.25) is 0 Å². The fourth-order valence-corrected chi connectivity index (χ4v) is 1.77. The molecule has 3 N–H and O–H groups in total. The van der Waals surface area contributed by atoms with Gasteiger partial charge in [0, 0.05) is 25.8 Å². The molecular weight excluding hydrogens is 285 g/mol. The van der Waals surface area contributed by atoms with Gasteiger partial charge in [0.05, 0.1) is 6.54 Å². The van der Waals surface area contributed by atoms with E-state index in [0.29, 0.717) is 24.9 Å². The molecule has 0 aromatic heterocycles. The monoisotopic (exact) mass is 311 g/mol. The molecule has 0 aliphatic heterocycles. The van der Waals surface area contributed by atoms with E-state index in [4.69, 9.17) is 15.2 Å². The van der Waals surface area contributed by atoms with E-state index in [2.05, 4.69) is 10.3 Å². The zero-order chi connectivity index (χ0) is 16.2. The number of nitrogens with two attached hydrogens (primary N) is 1. The van der Waals surface area contributed by atoms with Gasteiger partial charge in [-0.05, 0) is 31.9 Å². The Morgan fingerprint density at radius 3 is 2.91 bits per heavy atom. The number of guanidine groups is 1. The minimum atomic E-state index is -0.314. The molecule has 6 heteroatoms. The van der Waals surface area contributed by atoms with Crippen LogP contribution in [0.2, 0.25) is 0 Å². The third kappa shape index (κ3) is 7.83. The number of nitrogens with zero attached hydrogens (tertiary/aromatic N) is 1. The largest absolute Gasteiger partial charge is 0.488 e. The molecule has 0 spiro atoms. The van der Waals surface area contributed by atoms with Crippen LogP contribution >= 0.6 is 0 Å². The van der Waals surface area contributed by atoms with Gasteiger partial charge in [0.1, 0.15) is 17.7 Å². The number of hydrogen-bond donors (Lipinski definition) is 2. The van der Waals surface area contributed by atoms with Gasteiger partial charge >= 0.3 is 0 Å². The summed E-state index contributed by atoms with van der Waals surface area (Å²) in [6, 6.07) is 6.09. The van der Waals surface area contributed by atoms with Crippen molar-refractivity contribution in [2.24, 2.45) is 10.7 Å². The number of halogens is 1. The summed E-state index contributed by atoms with van der Waals surface area (Å²) < 4.78 is 24.1. The summed E-state index contributed by atoms with van der Waals surface area (Å²) in [5.41, 5.74) is 5.79. The molecule has 22 heavy (non-hydrogen) atoms. The molecule has 124 valence electrons. The minimum Gasteiger partial charge on any atom is -0.488 e. The molecule has 0 aliphatic rings. The lowest BCUT2D eigenvalue weighted by atomic mass is 10.2. The van der Waals surface area contributed by atoms with E-state index in [1.807, 2.05) is 13.8 Å². The van der Waals surface area contributed by atoms with Gasteiger partial charge in [-0.1, -0.05) is 13.0 Å². The van der Waals surface area contributed by atoms with Crippen molar-refractivity contribution in [3.05, 3.63) is 30.1 Å². The van der Waals surface area contributed by atoms with E-state index in [0.717, 1.165) is 26.0 Å². The van der Waals surface area contributed by atoms with E-state index in [1.54, 1.807) is 12.1 Å². The zero-order valence-electron chi connectivity index (χ0n) is 13.3. The van der Waals surface area contributed by atoms with Crippen LogP contribution in [-0.2, 0) is 4.74 Å². The first-order chi connectivity index (χ1) is 10.7. The summed E-state index contributed by atoms with van der Waals surface area (Å²) in [7, 11) is 0. The Morgan fingerprint density at radius 2 is 2.23 bits per heavy atom. The first kappa shape index (κ1) is 18.2. The Bertz CT molecular complexity index is 455. The summed E-state index contributed by atoms with van der Waals surface area (Å²) in [5.74, 6) is 0.578. The van der Waals surface area contributed by atoms with Crippen LogP contribution in [0.4, 0.5) is 4.39 Å². The molecule has 0 fully saturated rings. The molecule has 1 aromatic rings. The third-order valence-electron chi connectivity index (χ3n) is 3.00. The van der Waals surface area contributed by atoms with Crippen molar-refractivity contribution in [3.8, 4) is 5.75 Å². The smallest absolute Gasteiger partial charge is 0.188 e. The predicted octanol–water partition coefficient (Wildman–Crippen LogP) is 2.31. The van der Waals surface area contributed by atoms with Crippen LogP contribution in [-0.4, -0.2) is 38.4 Å². The van der Waals surface area contributed by atoms with Gasteiger partial charge in [-0.3, -0.25) is 0 Å². The summed E-state index contributed by atoms with van der Waals surface area (Å²) >= 11 is 0. The highest BCUT2D eigenvalue weighted by Gasteiger charge is 2.08. The molecule has 0 heterocycles. The molecule has 1 rings (SSSR count).